The summed E-state index contributed by atoms with van der Waals surface area (Å²) in [6.07, 6.45) is 3.50. The minimum Gasteiger partial charge on any atom is -0.462 e. The van der Waals surface area contributed by atoms with Crippen LogP contribution in [-0.4, -0.2) is 41.1 Å². The maximum atomic E-state index is 5.43. The minimum atomic E-state index is 0.461. The highest BCUT2D eigenvalue weighted by Gasteiger charge is 2.00. The maximum absolute atomic E-state index is 5.43. The first-order chi connectivity index (χ1) is 7.26. The molecule has 0 aliphatic rings. The fourth-order valence-corrected chi connectivity index (χ4v) is 1.46. The molecule has 0 aliphatic heterocycles. The van der Waals surface area contributed by atoms with Gasteiger partial charge in [0, 0.05) is 22.5 Å². The van der Waals surface area contributed by atoms with Gasteiger partial charge in [0.25, 0.3) is 0 Å². The molecule has 1 heterocycles. The Morgan fingerprint density at radius 3 is 2.40 bits per heavy atom. The second-order valence-corrected chi connectivity index (χ2v) is 4.30. The predicted octanol–water partition coefficient (Wildman–Crippen LogP) is 1.80. The Kier molecular flexibility index (Phi) is 5.85. The van der Waals surface area contributed by atoms with Gasteiger partial charge in [-0.05, 0) is 35.7 Å². The van der Waals surface area contributed by atoms with Crippen molar-refractivity contribution in [3.8, 4) is 6.01 Å². The first-order valence-corrected chi connectivity index (χ1v) is 6.16. The van der Waals surface area contributed by atoms with E-state index >= 15 is 0 Å². The molecule has 1 rings (SSSR count). The third-order valence-corrected chi connectivity index (χ3v) is 2.69. The summed E-state index contributed by atoms with van der Waals surface area (Å²) in [5.41, 5.74) is 0. The van der Waals surface area contributed by atoms with E-state index in [9.17, 15) is 0 Å². The first kappa shape index (κ1) is 12.6. The molecule has 84 valence electrons. The van der Waals surface area contributed by atoms with E-state index in [0.29, 0.717) is 12.6 Å². The third-order valence-electron chi connectivity index (χ3n) is 2.13. The predicted molar refractivity (Wildman–Crippen MR) is 68.0 cm³/mol. The average Bonchev–Trinajstić information content (AvgIpc) is 2.27. The molecule has 0 saturated heterocycles. The van der Waals surface area contributed by atoms with Crippen molar-refractivity contribution < 1.29 is 4.74 Å². The normalized spacial score (nSPS) is 10.7. The van der Waals surface area contributed by atoms with Gasteiger partial charge in [-0.15, -0.1) is 0 Å². The number of hydrogen-bond acceptors (Lipinski definition) is 4. The Morgan fingerprint density at radius 2 is 1.87 bits per heavy atom. The molecule has 0 amide bonds. The molecule has 0 spiro atoms. The number of halogens is 1. The van der Waals surface area contributed by atoms with E-state index in [-0.39, 0.29) is 0 Å². The SMILES string of the molecule is CCN(CC)CCOc1ncc(I)cn1. The van der Waals surface area contributed by atoms with E-state index in [1.165, 1.54) is 0 Å². The van der Waals surface area contributed by atoms with Gasteiger partial charge in [0.05, 0.1) is 0 Å². The smallest absolute Gasteiger partial charge is 0.316 e. The van der Waals surface area contributed by atoms with Crippen molar-refractivity contribution in [1.82, 2.24) is 14.9 Å². The second kappa shape index (κ2) is 6.95. The molecule has 0 radical (unpaired) electrons. The number of nitrogens with zero attached hydrogens (tertiary/aromatic N) is 3. The van der Waals surface area contributed by atoms with Gasteiger partial charge in [-0.1, -0.05) is 13.8 Å². The van der Waals surface area contributed by atoms with Gasteiger partial charge in [-0.25, -0.2) is 9.97 Å². The summed E-state index contributed by atoms with van der Waals surface area (Å²) in [7, 11) is 0. The lowest BCUT2D eigenvalue weighted by molar-refractivity contribution is 0.212. The van der Waals surface area contributed by atoms with Crippen LogP contribution in [0.2, 0.25) is 0 Å². The summed E-state index contributed by atoms with van der Waals surface area (Å²) < 4.78 is 6.45. The quantitative estimate of drug-likeness (QED) is 0.749. The molecule has 0 bridgehead atoms. The van der Waals surface area contributed by atoms with Crippen LogP contribution in [0.1, 0.15) is 13.8 Å². The Labute approximate surface area is 104 Å². The van der Waals surface area contributed by atoms with Gasteiger partial charge < -0.3 is 9.64 Å². The Bertz CT molecular complexity index is 275. The van der Waals surface area contributed by atoms with Crippen molar-refractivity contribution in [3.63, 3.8) is 0 Å². The van der Waals surface area contributed by atoms with Crippen molar-refractivity contribution in [3.05, 3.63) is 16.0 Å². The van der Waals surface area contributed by atoms with Crippen LogP contribution in [0.5, 0.6) is 6.01 Å². The summed E-state index contributed by atoms with van der Waals surface area (Å²) in [6.45, 7) is 7.95. The summed E-state index contributed by atoms with van der Waals surface area (Å²) in [5.74, 6) is 0. The topological polar surface area (TPSA) is 38.2 Å². The van der Waals surface area contributed by atoms with Gasteiger partial charge in [0.1, 0.15) is 6.61 Å². The van der Waals surface area contributed by atoms with Crippen molar-refractivity contribution in [2.24, 2.45) is 0 Å². The molecule has 0 aromatic carbocycles. The van der Waals surface area contributed by atoms with Gasteiger partial charge >= 0.3 is 6.01 Å². The summed E-state index contributed by atoms with van der Waals surface area (Å²) in [5, 5.41) is 0. The lowest BCUT2D eigenvalue weighted by Crippen LogP contribution is -2.28. The zero-order valence-electron chi connectivity index (χ0n) is 9.11. The Hall–Kier alpha value is -0.430. The molecular weight excluding hydrogens is 305 g/mol. The van der Waals surface area contributed by atoms with Gasteiger partial charge in [0.2, 0.25) is 0 Å². The van der Waals surface area contributed by atoms with Crippen LogP contribution in [0.3, 0.4) is 0 Å². The molecule has 0 N–H and O–H groups in total. The third kappa shape index (κ3) is 4.74. The number of rotatable bonds is 6. The molecule has 0 atom stereocenters. The van der Waals surface area contributed by atoms with E-state index in [0.717, 1.165) is 23.2 Å². The monoisotopic (exact) mass is 321 g/mol. The molecule has 0 unspecified atom stereocenters. The van der Waals surface area contributed by atoms with Crippen LogP contribution in [0, 0.1) is 3.57 Å². The highest BCUT2D eigenvalue weighted by molar-refractivity contribution is 14.1. The fraction of sp³-hybridized carbons (Fsp3) is 0.600. The van der Waals surface area contributed by atoms with E-state index in [2.05, 4.69) is 51.3 Å². The van der Waals surface area contributed by atoms with Crippen LogP contribution < -0.4 is 4.74 Å². The van der Waals surface area contributed by atoms with Gasteiger partial charge in [-0.3, -0.25) is 0 Å². The molecule has 1 aromatic rings. The van der Waals surface area contributed by atoms with Crippen molar-refractivity contribution in [2.45, 2.75) is 13.8 Å². The van der Waals surface area contributed by atoms with Crippen molar-refractivity contribution in [2.75, 3.05) is 26.2 Å². The number of likely N-dealkylation sites (N-methyl/N-ethyl adjacent to an activating group) is 1. The number of ether oxygens (including phenoxy) is 1. The maximum Gasteiger partial charge on any atom is 0.316 e. The van der Waals surface area contributed by atoms with Crippen LogP contribution in [-0.2, 0) is 0 Å². The first-order valence-electron chi connectivity index (χ1n) is 5.09. The molecule has 0 fully saturated rings. The molecule has 0 aliphatic carbocycles. The molecule has 5 heteroatoms. The minimum absolute atomic E-state index is 0.461. The summed E-state index contributed by atoms with van der Waals surface area (Å²) in [6, 6.07) is 0.461. The highest BCUT2D eigenvalue weighted by atomic mass is 127. The lowest BCUT2D eigenvalue weighted by Gasteiger charge is -2.17. The Morgan fingerprint density at radius 1 is 1.27 bits per heavy atom. The number of hydrogen-bond donors (Lipinski definition) is 0. The van der Waals surface area contributed by atoms with E-state index < -0.39 is 0 Å². The van der Waals surface area contributed by atoms with Crippen LogP contribution in [0.15, 0.2) is 12.4 Å². The summed E-state index contributed by atoms with van der Waals surface area (Å²) in [4.78, 5) is 10.4. The fourth-order valence-electron chi connectivity index (χ4n) is 1.18. The average molecular weight is 321 g/mol. The Balaban J connectivity index is 2.28. The highest BCUT2D eigenvalue weighted by Crippen LogP contribution is 2.04. The lowest BCUT2D eigenvalue weighted by atomic mass is 10.5. The van der Waals surface area contributed by atoms with E-state index in [1.807, 2.05) is 0 Å². The largest absolute Gasteiger partial charge is 0.462 e. The second-order valence-electron chi connectivity index (χ2n) is 3.06. The molecule has 4 nitrogen and oxygen atoms in total. The van der Waals surface area contributed by atoms with Gasteiger partial charge in [-0.2, -0.15) is 0 Å². The zero-order valence-corrected chi connectivity index (χ0v) is 11.3. The van der Waals surface area contributed by atoms with Crippen molar-refractivity contribution >= 4 is 22.6 Å². The van der Waals surface area contributed by atoms with Gasteiger partial charge in [0.15, 0.2) is 0 Å². The van der Waals surface area contributed by atoms with Crippen LogP contribution >= 0.6 is 22.6 Å². The van der Waals surface area contributed by atoms with E-state index in [4.69, 9.17) is 4.74 Å². The van der Waals surface area contributed by atoms with Crippen LogP contribution in [0.4, 0.5) is 0 Å². The molecule has 15 heavy (non-hydrogen) atoms. The zero-order chi connectivity index (χ0) is 11.1. The summed E-state index contributed by atoms with van der Waals surface area (Å²) >= 11 is 2.17. The molecular formula is C10H16IN3O. The standard InChI is InChI=1S/C10H16IN3O/c1-3-14(4-2)5-6-15-10-12-7-9(11)8-13-10/h7-8H,3-6H2,1-2H3. The van der Waals surface area contributed by atoms with Crippen LogP contribution in [0.25, 0.3) is 0 Å². The van der Waals surface area contributed by atoms with Crippen molar-refractivity contribution in [1.29, 1.82) is 0 Å². The molecule has 0 saturated carbocycles. The van der Waals surface area contributed by atoms with E-state index in [1.54, 1.807) is 12.4 Å². The number of aromatic nitrogens is 2. The molecule has 1 aromatic heterocycles.